The summed E-state index contributed by atoms with van der Waals surface area (Å²) in [7, 11) is 0. The Morgan fingerprint density at radius 2 is 2.04 bits per heavy atom. The fourth-order valence-electron chi connectivity index (χ4n) is 3.74. The zero-order valence-electron chi connectivity index (χ0n) is 19.3. The molecule has 150 valence electrons. The molecule has 0 aliphatic carbocycles. The average molecular weight is 423 g/mol. The van der Waals surface area contributed by atoms with Gasteiger partial charge < -0.3 is 9.64 Å². The molecule has 0 amide bonds. The summed E-state index contributed by atoms with van der Waals surface area (Å²) in [5.74, 6) is 0.180. The topological polar surface area (TPSA) is 55.5 Å². The predicted octanol–water partition coefficient (Wildman–Crippen LogP) is 4.86. The number of halogens is 1. The number of thiazole rings is 1. The van der Waals surface area contributed by atoms with Gasteiger partial charge >= 0.3 is 0 Å². The number of aryl methyl sites for hydroxylation is 2. The largest absolute Gasteiger partial charge is 0.378 e. The molecule has 0 bridgehead atoms. The highest BCUT2D eigenvalue weighted by molar-refractivity contribution is 7.19. The van der Waals surface area contributed by atoms with Crippen molar-refractivity contribution in [2.45, 2.75) is 46.4 Å². The number of rotatable bonds is 5. The first kappa shape index (κ1) is 16.1. The van der Waals surface area contributed by atoms with Gasteiger partial charge in [0.25, 0.3) is 0 Å². The van der Waals surface area contributed by atoms with Crippen LogP contribution < -0.4 is 4.90 Å². The van der Waals surface area contributed by atoms with Gasteiger partial charge in [-0.3, -0.25) is 0 Å². The lowest BCUT2D eigenvalue weighted by molar-refractivity contribution is 0.122. The van der Waals surface area contributed by atoms with E-state index >= 15 is 0 Å². The smallest absolute Gasteiger partial charge is 0.187 e. The number of hydrogen-bond donors (Lipinski definition) is 0. The number of hydrogen-bond acceptors (Lipinski definition) is 6. The van der Waals surface area contributed by atoms with Crippen LogP contribution in [0, 0.1) is 13.8 Å². The van der Waals surface area contributed by atoms with E-state index in [1.807, 2.05) is 6.92 Å². The Morgan fingerprint density at radius 3 is 2.71 bits per heavy atom. The van der Waals surface area contributed by atoms with Crippen molar-refractivity contribution in [3.05, 3.63) is 28.3 Å². The highest BCUT2D eigenvalue weighted by atomic mass is 35.5. The molecule has 1 aliphatic heterocycles. The first-order valence-corrected chi connectivity index (χ1v) is 10.8. The van der Waals surface area contributed by atoms with Crippen LogP contribution in [-0.4, -0.2) is 45.9 Å². The van der Waals surface area contributed by atoms with Gasteiger partial charge in [0.15, 0.2) is 10.8 Å². The number of morpholine rings is 1. The van der Waals surface area contributed by atoms with Gasteiger partial charge in [-0.2, -0.15) is 5.10 Å². The van der Waals surface area contributed by atoms with Crippen molar-refractivity contribution >= 4 is 33.7 Å². The maximum absolute atomic E-state index is 7.95. The van der Waals surface area contributed by atoms with Gasteiger partial charge in [0.05, 0.1) is 29.3 Å². The van der Waals surface area contributed by atoms with Crippen LogP contribution in [0.4, 0.5) is 5.13 Å². The summed E-state index contributed by atoms with van der Waals surface area (Å²) in [4.78, 5) is 12.0. The Labute approximate surface area is 178 Å². The summed E-state index contributed by atoms with van der Waals surface area (Å²) in [6.07, 6.45) is 1.76. The summed E-state index contributed by atoms with van der Waals surface area (Å²) in [5, 5.41) is 5.96. The fourth-order valence-corrected chi connectivity index (χ4v) is 5.19. The van der Waals surface area contributed by atoms with E-state index in [2.05, 4.69) is 28.7 Å². The standard InChI is InChI=1S/C20H26ClN5OS/c1-5-14(6-2)15-11-12(3)22-19-16(13(4)24-26(15)19)17-18(21)23-20(28-17)25-7-9-27-10-8-25/h11,14H,5-10H2,1-4H3/i3D3. The normalized spacial score (nSPS) is 17.2. The molecular formula is C20H26ClN5OS. The molecule has 0 saturated carbocycles. The zero-order valence-corrected chi connectivity index (χ0v) is 17.9. The Bertz CT molecular complexity index is 1090. The molecule has 4 rings (SSSR count). The highest BCUT2D eigenvalue weighted by Gasteiger charge is 2.25. The van der Waals surface area contributed by atoms with Crippen LogP contribution in [0.1, 0.15) is 53.8 Å². The molecule has 1 saturated heterocycles. The molecule has 3 aromatic rings. The molecule has 1 aliphatic rings. The zero-order chi connectivity index (χ0) is 22.3. The predicted molar refractivity (Wildman–Crippen MR) is 115 cm³/mol. The van der Waals surface area contributed by atoms with Gasteiger partial charge in [0, 0.05) is 34.5 Å². The molecule has 0 unspecified atom stereocenters. The summed E-state index contributed by atoms with van der Waals surface area (Å²) in [5.41, 5.74) is 2.97. The molecule has 0 atom stereocenters. The van der Waals surface area contributed by atoms with Crippen LogP contribution in [0.2, 0.25) is 5.15 Å². The van der Waals surface area contributed by atoms with E-state index in [4.69, 9.17) is 25.5 Å². The van der Waals surface area contributed by atoms with Gasteiger partial charge in [-0.1, -0.05) is 36.8 Å². The van der Waals surface area contributed by atoms with Crippen LogP contribution >= 0.6 is 22.9 Å². The lowest BCUT2D eigenvalue weighted by atomic mass is 9.98. The van der Waals surface area contributed by atoms with Crippen molar-refractivity contribution in [1.82, 2.24) is 19.6 Å². The molecule has 28 heavy (non-hydrogen) atoms. The van der Waals surface area contributed by atoms with E-state index < -0.39 is 6.85 Å². The number of nitrogens with zero attached hydrogens (tertiary/aromatic N) is 5. The van der Waals surface area contributed by atoms with Crippen LogP contribution in [0.25, 0.3) is 16.1 Å². The monoisotopic (exact) mass is 422 g/mol. The van der Waals surface area contributed by atoms with Gasteiger partial charge in [-0.15, -0.1) is 0 Å². The summed E-state index contributed by atoms with van der Waals surface area (Å²) in [6, 6.07) is 1.68. The molecular weight excluding hydrogens is 394 g/mol. The Kier molecular flexibility index (Phi) is 4.59. The molecule has 0 radical (unpaired) electrons. The van der Waals surface area contributed by atoms with Crippen LogP contribution in [0.15, 0.2) is 6.07 Å². The summed E-state index contributed by atoms with van der Waals surface area (Å²) in [6.45, 7) is 6.63. The molecule has 3 aromatic heterocycles. The Hall–Kier alpha value is -1.70. The van der Waals surface area contributed by atoms with Crippen LogP contribution in [0.5, 0.6) is 0 Å². The molecule has 0 spiro atoms. The van der Waals surface area contributed by atoms with Crippen LogP contribution in [-0.2, 0) is 4.74 Å². The molecule has 4 heterocycles. The SMILES string of the molecule is [2H]C([2H])([2H])c1cc(C(CC)CC)n2nc(C)c(-c3sc(N4CCOCC4)nc3Cl)c2n1. The van der Waals surface area contributed by atoms with Crippen LogP contribution in [0.3, 0.4) is 0 Å². The third kappa shape index (κ3) is 3.40. The average Bonchev–Trinajstić information content (AvgIpc) is 3.27. The van der Waals surface area contributed by atoms with E-state index in [0.717, 1.165) is 52.9 Å². The van der Waals surface area contributed by atoms with Crippen molar-refractivity contribution in [3.8, 4) is 10.4 Å². The second-order valence-electron chi connectivity index (χ2n) is 6.99. The Morgan fingerprint density at radius 1 is 1.29 bits per heavy atom. The van der Waals surface area contributed by atoms with Crippen molar-refractivity contribution in [2.24, 2.45) is 0 Å². The summed E-state index contributed by atoms with van der Waals surface area (Å²) < 4.78 is 31.1. The molecule has 1 fully saturated rings. The maximum atomic E-state index is 7.95. The molecule has 8 heteroatoms. The van der Waals surface area contributed by atoms with E-state index in [-0.39, 0.29) is 11.6 Å². The Balaban J connectivity index is 1.92. The maximum Gasteiger partial charge on any atom is 0.187 e. The van der Waals surface area contributed by atoms with Gasteiger partial charge in [-0.05, 0) is 32.7 Å². The minimum atomic E-state index is -2.31. The van der Waals surface area contributed by atoms with Crippen molar-refractivity contribution in [1.29, 1.82) is 0 Å². The number of anilines is 1. The third-order valence-corrected chi connectivity index (χ3v) is 6.80. The van der Waals surface area contributed by atoms with Crippen molar-refractivity contribution < 1.29 is 8.85 Å². The third-order valence-electron chi connectivity index (χ3n) is 5.28. The van der Waals surface area contributed by atoms with Gasteiger partial charge in [-0.25, -0.2) is 14.5 Å². The number of ether oxygens (including phenoxy) is 1. The number of aromatic nitrogens is 4. The fraction of sp³-hybridized carbons (Fsp3) is 0.550. The summed E-state index contributed by atoms with van der Waals surface area (Å²) >= 11 is 8.07. The quantitative estimate of drug-likeness (QED) is 0.587. The van der Waals surface area contributed by atoms with Crippen molar-refractivity contribution in [3.63, 3.8) is 0 Å². The molecule has 0 N–H and O–H groups in total. The van der Waals surface area contributed by atoms with E-state index in [1.54, 1.807) is 10.6 Å². The number of fused-ring (bicyclic) bond motifs is 1. The minimum Gasteiger partial charge on any atom is -0.378 e. The second kappa shape index (κ2) is 7.97. The second-order valence-corrected chi connectivity index (χ2v) is 8.33. The van der Waals surface area contributed by atoms with E-state index in [9.17, 15) is 0 Å². The minimum absolute atomic E-state index is 0.0806. The van der Waals surface area contributed by atoms with Gasteiger partial charge in [0.1, 0.15) is 5.15 Å². The van der Waals surface area contributed by atoms with E-state index in [0.29, 0.717) is 24.0 Å². The van der Waals surface area contributed by atoms with Crippen molar-refractivity contribution in [2.75, 3.05) is 31.2 Å². The molecule has 0 aromatic carbocycles. The highest BCUT2D eigenvalue weighted by Crippen LogP contribution is 2.41. The van der Waals surface area contributed by atoms with E-state index in [1.165, 1.54) is 11.3 Å². The first-order chi connectivity index (χ1) is 14.7. The van der Waals surface area contributed by atoms with Gasteiger partial charge in [0.2, 0.25) is 0 Å². The molecule has 6 nitrogen and oxygen atoms in total. The lowest BCUT2D eigenvalue weighted by Crippen LogP contribution is -2.36. The lowest BCUT2D eigenvalue weighted by Gasteiger charge is -2.25. The first-order valence-electron chi connectivity index (χ1n) is 11.1.